The summed E-state index contributed by atoms with van der Waals surface area (Å²) >= 11 is 0. The largest absolute Gasteiger partial charge is 0.497 e. The fraction of sp³-hybridized carbons (Fsp3) is 0.462. The second-order valence-corrected chi connectivity index (χ2v) is 4.10. The lowest BCUT2D eigenvalue weighted by molar-refractivity contribution is -0.145. The van der Waals surface area contributed by atoms with Crippen LogP contribution in [0.2, 0.25) is 0 Å². The first-order chi connectivity index (χ1) is 7.74. The number of carbonyl (C=O) groups excluding carboxylic acids is 1. The highest BCUT2D eigenvalue weighted by atomic mass is 16.5. The SMILES string of the molecule is COC(=O)C1CCc2cc(OC)ccc2C1. The molecule has 3 nitrogen and oxygen atoms in total. The van der Waals surface area contributed by atoms with Gasteiger partial charge in [-0.1, -0.05) is 6.07 Å². The zero-order valence-corrected chi connectivity index (χ0v) is 9.66. The van der Waals surface area contributed by atoms with E-state index < -0.39 is 0 Å². The summed E-state index contributed by atoms with van der Waals surface area (Å²) in [7, 11) is 3.12. The summed E-state index contributed by atoms with van der Waals surface area (Å²) < 4.78 is 9.97. The summed E-state index contributed by atoms with van der Waals surface area (Å²) in [4.78, 5) is 11.5. The van der Waals surface area contributed by atoms with E-state index in [-0.39, 0.29) is 11.9 Å². The van der Waals surface area contributed by atoms with Crippen molar-refractivity contribution < 1.29 is 14.3 Å². The molecule has 0 saturated heterocycles. The van der Waals surface area contributed by atoms with E-state index in [2.05, 4.69) is 6.07 Å². The number of rotatable bonds is 2. The Morgan fingerprint density at radius 2 is 2.12 bits per heavy atom. The van der Waals surface area contributed by atoms with Crippen LogP contribution in [-0.2, 0) is 22.4 Å². The van der Waals surface area contributed by atoms with Crippen LogP contribution in [-0.4, -0.2) is 20.2 Å². The van der Waals surface area contributed by atoms with Gasteiger partial charge in [0, 0.05) is 0 Å². The van der Waals surface area contributed by atoms with Gasteiger partial charge in [0.25, 0.3) is 0 Å². The van der Waals surface area contributed by atoms with Gasteiger partial charge in [0.05, 0.1) is 20.1 Å². The fourth-order valence-electron chi connectivity index (χ4n) is 2.23. The zero-order valence-electron chi connectivity index (χ0n) is 9.66. The molecular weight excluding hydrogens is 204 g/mol. The van der Waals surface area contributed by atoms with Crippen LogP contribution in [0, 0.1) is 5.92 Å². The normalized spacial score (nSPS) is 18.8. The molecule has 2 rings (SSSR count). The Kier molecular flexibility index (Phi) is 3.13. The van der Waals surface area contributed by atoms with E-state index in [1.165, 1.54) is 18.2 Å². The van der Waals surface area contributed by atoms with Gasteiger partial charge in [-0.15, -0.1) is 0 Å². The van der Waals surface area contributed by atoms with Crippen LogP contribution >= 0.6 is 0 Å². The van der Waals surface area contributed by atoms with Crippen molar-refractivity contribution >= 4 is 5.97 Å². The lowest BCUT2D eigenvalue weighted by Gasteiger charge is -2.22. The molecule has 0 aromatic heterocycles. The molecule has 1 aromatic carbocycles. The number of ether oxygens (including phenoxy) is 2. The third-order valence-electron chi connectivity index (χ3n) is 3.18. The van der Waals surface area contributed by atoms with Gasteiger partial charge in [-0.2, -0.15) is 0 Å². The van der Waals surface area contributed by atoms with E-state index >= 15 is 0 Å². The Balaban J connectivity index is 2.18. The number of fused-ring (bicyclic) bond motifs is 1. The predicted octanol–water partition coefficient (Wildman–Crippen LogP) is 1.97. The Bertz CT molecular complexity index is 398. The molecule has 0 bridgehead atoms. The van der Waals surface area contributed by atoms with Crippen molar-refractivity contribution in [2.24, 2.45) is 5.92 Å². The highest BCUT2D eigenvalue weighted by Gasteiger charge is 2.25. The monoisotopic (exact) mass is 220 g/mol. The minimum Gasteiger partial charge on any atom is -0.497 e. The molecule has 16 heavy (non-hydrogen) atoms. The molecule has 0 N–H and O–H groups in total. The Hall–Kier alpha value is -1.51. The summed E-state index contributed by atoms with van der Waals surface area (Å²) in [6.07, 6.45) is 2.57. The molecule has 0 aliphatic heterocycles. The van der Waals surface area contributed by atoms with E-state index in [0.29, 0.717) is 0 Å². The molecule has 0 saturated carbocycles. The van der Waals surface area contributed by atoms with Gasteiger partial charge in [-0.25, -0.2) is 0 Å². The number of benzene rings is 1. The molecule has 1 unspecified atom stereocenters. The summed E-state index contributed by atoms with van der Waals surface area (Å²) in [6, 6.07) is 6.05. The maximum absolute atomic E-state index is 11.5. The van der Waals surface area contributed by atoms with Gasteiger partial charge in [-0.3, -0.25) is 4.79 Å². The molecule has 0 heterocycles. The van der Waals surface area contributed by atoms with Crippen molar-refractivity contribution in [3.8, 4) is 5.75 Å². The van der Waals surface area contributed by atoms with Gasteiger partial charge in [0.2, 0.25) is 0 Å². The smallest absolute Gasteiger partial charge is 0.309 e. The second-order valence-electron chi connectivity index (χ2n) is 4.10. The first kappa shape index (κ1) is 11.0. The van der Waals surface area contributed by atoms with E-state index in [1.54, 1.807) is 7.11 Å². The molecule has 0 amide bonds. The molecule has 0 spiro atoms. The summed E-state index contributed by atoms with van der Waals surface area (Å²) in [5.74, 6) is 0.808. The highest BCUT2D eigenvalue weighted by molar-refractivity contribution is 5.73. The number of methoxy groups -OCH3 is 2. The summed E-state index contributed by atoms with van der Waals surface area (Å²) in [6.45, 7) is 0. The second kappa shape index (κ2) is 4.56. The van der Waals surface area contributed by atoms with Crippen molar-refractivity contribution in [1.82, 2.24) is 0 Å². The molecule has 3 heteroatoms. The predicted molar refractivity (Wildman–Crippen MR) is 60.5 cm³/mol. The lowest BCUT2D eigenvalue weighted by Crippen LogP contribution is -2.23. The first-order valence-electron chi connectivity index (χ1n) is 5.48. The van der Waals surface area contributed by atoms with Gasteiger partial charge in [0.15, 0.2) is 0 Å². The number of hydrogen-bond acceptors (Lipinski definition) is 3. The molecular formula is C13H16O3. The van der Waals surface area contributed by atoms with Crippen LogP contribution in [0.15, 0.2) is 18.2 Å². The maximum atomic E-state index is 11.5. The standard InChI is InChI=1S/C13H16O3/c1-15-12-6-5-9-7-11(13(14)16-2)4-3-10(9)8-12/h5-6,8,11H,3-4,7H2,1-2H3. The van der Waals surface area contributed by atoms with E-state index in [0.717, 1.165) is 25.0 Å². The minimum atomic E-state index is -0.0959. The molecule has 0 radical (unpaired) electrons. The number of hydrogen-bond donors (Lipinski definition) is 0. The Labute approximate surface area is 95.4 Å². The molecule has 1 aliphatic carbocycles. The molecule has 1 atom stereocenters. The topological polar surface area (TPSA) is 35.5 Å². The van der Waals surface area contributed by atoms with Crippen LogP contribution in [0.25, 0.3) is 0 Å². The van der Waals surface area contributed by atoms with Crippen LogP contribution in [0.1, 0.15) is 17.5 Å². The number of carbonyl (C=O) groups is 1. The third kappa shape index (κ3) is 2.03. The molecule has 1 aliphatic rings. The number of aryl methyl sites for hydroxylation is 1. The zero-order chi connectivity index (χ0) is 11.5. The highest BCUT2D eigenvalue weighted by Crippen LogP contribution is 2.29. The van der Waals surface area contributed by atoms with Crippen LogP contribution in [0.3, 0.4) is 0 Å². The van der Waals surface area contributed by atoms with Crippen LogP contribution < -0.4 is 4.74 Å². The first-order valence-corrected chi connectivity index (χ1v) is 5.48. The van der Waals surface area contributed by atoms with Gasteiger partial charge in [0.1, 0.15) is 5.75 Å². The van der Waals surface area contributed by atoms with Crippen molar-refractivity contribution in [2.75, 3.05) is 14.2 Å². The fourth-order valence-corrected chi connectivity index (χ4v) is 2.23. The minimum absolute atomic E-state index is 0.0193. The van der Waals surface area contributed by atoms with E-state index in [4.69, 9.17) is 9.47 Å². The quantitative estimate of drug-likeness (QED) is 0.715. The van der Waals surface area contributed by atoms with Crippen molar-refractivity contribution in [1.29, 1.82) is 0 Å². The van der Waals surface area contributed by atoms with Gasteiger partial charge < -0.3 is 9.47 Å². The maximum Gasteiger partial charge on any atom is 0.309 e. The number of esters is 1. The van der Waals surface area contributed by atoms with E-state index in [1.807, 2.05) is 12.1 Å². The van der Waals surface area contributed by atoms with Crippen molar-refractivity contribution in [3.05, 3.63) is 29.3 Å². The molecule has 86 valence electrons. The average Bonchev–Trinajstić information content (AvgIpc) is 2.36. The summed E-state index contributed by atoms with van der Waals surface area (Å²) in [5, 5.41) is 0. The molecule has 0 fully saturated rings. The van der Waals surface area contributed by atoms with Crippen LogP contribution in [0.5, 0.6) is 5.75 Å². The van der Waals surface area contributed by atoms with Gasteiger partial charge in [-0.05, 0) is 42.5 Å². The average molecular weight is 220 g/mol. The van der Waals surface area contributed by atoms with Crippen LogP contribution in [0.4, 0.5) is 0 Å². The lowest BCUT2D eigenvalue weighted by atomic mass is 9.84. The van der Waals surface area contributed by atoms with E-state index in [9.17, 15) is 4.79 Å². The Morgan fingerprint density at radius 3 is 2.81 bits per heavy atom. The summed E-state index contributed by atoms with van der Waals surface area (Å²) in [5.41, 5.74) is 2.53. The van der Waals surface area contributed by atoms with Crippen molar-refractivity contribution in [3.63, 3.8) is 0 Å². The molecule has 1 aromatic rings. The van der Waals surface area contributed by atoms with Crippen molar-refractivity contribution in [2.45, 2.75) is 19.3 Å². The van der Waals surface area contributed by atoms with Gasteiger partial charge >= 0.3 is 5.97 Å². The Morgan fingerprint density at radius 1 is 1.31 bits per heavy atom. The third-order valence-corrected chi connectivity index (χ3v) is 3.18.